The van der Waals surface area contributed by atoms with E-state index >= 15 is 0 Å². The molecule has 1 saturated heterocycles. The Bertz CT molecular complexity index is 806. The third-order valence-corrected chi connectivity index (χ3v) is 6.39. The van der Waals surface area contributed by atoms with Gasteiger partial charge in [-0.05, 0) is 35.4 Å². The monoisotopic (exact) mass is 372 g/mol. The molecule has 1 heterocycles. The summed E-state index contributed by atoms with van der Waals surface area (Å²) in [5, 5.41) is 21.1. The second kappa shape index (κ2) is 5.34. The zero-order chi connectivity index (χ0) is 19.7. The van der Waals surface area contributed by atoms with E-state index in [1.807, 2.05) is 6.92 Å². The smallest absolute Gasteiger partial charge is 0.471 e. The average molecular weight is 372 g/mol. The highest BCUT2D eigenvalue weighted by Crippen LogP contribution is 2.57. The van der Waals surface area contributed by atoms with Gasteiger partial charge in [0, 0.05) is 24.1 Å². The molecule has 9 heteroatoms. The number of carbonyl (C=O) groups excluding carboxylic acids is 1. The van der Waals surface area contributed by atoms with Crippen LogP contribution in [-0.4, -0.2) is 39.6 Å². The van der Waals surface area contributed by atoms with Gasteiger partial charge in [0.05, 0.1) is 4.92 Å². The number of benzene rings is 1. The molecule has 1 aromatic rings. The van der Waals surface area contributed by atoms with Crippen LogP contribution in [0.3, 0.4) is 0 Å². The fourth-order valence-electron chi connectivity index (χ4n) is 4.49. The summed E-state index contributed by atoms with van der Waals surface area (Å²) in [7, 11) is 0. The summed E-state index contributed by atoms with van der Waals surface area (Å²) < 4.78 is 39.0. The molecule has 1 fully saturated rings. The van der Waals surface area contributed by atoms with Gasteiger partial charge in [0.15, 0.2) is 5.75 Å². The molecule has 2 atom stereocenters. The first-order chi connectivity index (χ1) is 11.8. The number of phenols is 1. The predicted molar refractivity (Wildman–Crippen MR) is 85.8 cm³/mol. The van der Waals surface area contributed by atoms with Crippen LogP contribution < -0.4 is 0 Å². The van der Waals surface area contributed by atoms with E-state index in [0.29, 0.717) is 11.1 Å². The standard InChI is InChI=1S/C17H19F3N2O4/c1-15(2)13-7-9-6-12(23)11(22(25)26)8-10(9)16(15,3)4-5-21(13)14(24)17(18,19)20/h6,8,13,23H,4-5,7H2,1-3H3/t13-,16-/m0/s1. The van der Waals surface area contributed by atoms with Crippen LogP contribution in [0.2, 0.25) is 0 Å². The number of rotatable bonds is 1. The molecule has 0 saturated carbocycles. The molecule has 0 spiro atoms. The Morgan fingerprint density at radius 1 is 1.35 bits per heavy atom. The minimum Gasteiger partial charge on any atom is -0.502 e. The van der Waals surface area contributed by atoms with Crippen LogP contribution in [0, 0.1) is 15.5 Å². The Kier molecular flexibility index (Phi) is 3.79. The summed E-state index contributed by atoms with van der Waals surface area (Å²) in [5.41, 5.74) is -0.620. The van der Waals surface area contributed by atoms with E-state index in [-0.39, 0.29) is 19.4 Å². The second-order valence-electron chi connectivity index (χ2n) is 7.78. The maximum absolute atomic E-state index is 13.0. The average Bonchev–Trinajstić information content (AvgIpc) is 2.49. The molecule has 1 N–H and O–H groups in total. The first-order valence-electron chi connectivity index (χ1n) is 8.19. The molecule has 0 unspecified atom stereocenters. The first-order valence-corrected chi connectivity index (χ1v) is 8.19. The molecular weight excluding hydrogens is 353 g/mol. The number of nitro benzene ring substituents is 1. The lowest BCUT2D eigenvalue weighted by atomic mass is 9.51. The third kappa shape index (κ3) is 2.36. The maximum atomic E-state index is 13.0. The lowest BCUT2D eigenvalue weighted by molar-refractivity contribution is -0.386. The molecule has 1 aromatic carbocycles. The van der Waals surface area contributed by atoms with Gasteiger partial charge in [-0.1, -0.05) is 20.8 Å². The van der Waals surface area contributed by atoms with Crippen LogP contribution in [0.25, 0.3) is 0 Å². The van der Waals surface area contributed by atoms with Gasteiger partial charge in [0.25, 0.3) is 0 Å². The van der Waals surface area contributed by atoms with E-state index in [4.69, 9.17) is 0 Å². The fraction of sp³-hybridized carbons (Fsp3) is 0.588. The van der Waals surface area contributed by atoms with Crippen molar-refractivity contribution < 1.29 is 28.0 Å². The highest BCUT2D eigenvalue weighted by atomic mass is 19.4. The number of hydrogen-bond acceptors (Lipinski definition) is 4. The molecule has 1 aliphatic heterocycles. The van der Waals surface area contributed by atoms with Gasteiger partial charge in [-0.2, -0.15) is 13.2 Å². The van der Waals surface area contributed by atoms with Crippen LogP contribution in [-0.2, 0) is 16.6 Å². The number of piperidine rings is 1. The zero-order valence-electron chi connectivity index (χ0n) is 14.6. The van der Waals surface area contributed by atoms with E-state index < -0.39 is 45.3 Å². The topological polar surface area (TPSA) is 83.7 Å². The Morgan fingerprint density at radius 2 is 1.96 bits per heavy atom. The third-order valence-electron chi connectivity index (χ3n) is 6.39. The largest absolute Gasteiger partial charge is 0.502 e. The number of halogens is 3. The number of alkyl halides is 3. The fourth-order valence-corrected chi connectivity index (χ4v) is 4.49. The summed E-state index contributed by atoms with van der Waals surface area (Å²) >= 11 is 0. The van der Waals surface area contributed by atoms with Gasteiger partial charge >= 0.3 is 17.8 Å². The molecule has 1 amide bonds. The van der Waals surface area contributed by atoms with Gasteiger partial charge in [0.2, 0.25) is 0 Å². The lowest BCUT2D eigenvalue weighted by Gasteiger charge is -2.60. The van der Waals surface area contributed by atoms with E-state index in [1.54, 1.807) is 13.8 Å². The van der Waals surface area contributed by atoms with Gasteiger partial charge in [0.1, 0.15) is 0 Å². The minimum atomic E-state index is -4.96. The molecule has 142 valence electrons. The summed E-state index contributed by atoms with van der Waals surface area (Å²) in [6.07, 6.45) is -4.61. The Hall–Kier alpha value is -2.32. The van der Waals surface area contributed by atoms with E-state index in [1.165, 1.54) is 12.1 Å². The van der Waals surface area contributed by atoms with Crippen molar-refractivity contribution in [2.24, 2.45) is 5.41 Å². The van der Waals surface area contributed by atoms with E-state index in [9.17, 15) is 33.2 Å². The van der Waals surface area contributed by atoms with Crippen LogP contribution in [0.15, 0.2) is 12.1 Å². The number of aromatic hydroxyl groups is 1. The van der Waals surface area contributed by atoms with Gasteiger partial charge < -0.3 is 10.0 Å². The summed E-state index contributed by atoms with van der Waals surface area (Å²) in [5.74, 6) is -2.39. The van der Waals surface area contributed by atoms with Gasteiger partial charge in [-0.3, -0.25) is 14.9 Å². The van der Waals surface area contributed by atoms with Crippen molar-refractivity contribution >= 4 is 11.6 Å². The van der Waals surface area contributed by atoms with Crippen molar-refractivity contribution in [3.05, 3.63) is 33.4 Å². The predicted octanol–water partition coefficient (Wildman–Crippen LogP) is 3.30. The SMILES string of the molecule is CC1(C)[C@@H]2Cc3cc(O)c([N+](=O)[O-])cc3[C@]1(C)CCN2C(=O)C(F)(F)F. The molecule has 0 aromatic heterocycles. The van der Waals surface area contributed by atoms with Crippen LogP contribution in [0.4, 0.5) is 18.9 Å². The van der Waals surface area contributed by atoms with Crippen molar-refractivity contribution in [3.63, 3.8) is 0 Å². The first kappa shape index (κ1) is 18.5. The molecule has 1 aliphatic carbocycles. The number of likely N-dealkylation sites (tertiary alicyclic amines) is 1. The lowest BCUT2D eigenvalue weighted by Crippen LogP contribution is -2.66. The van der Waals surface area contributed by atoms with Crippen molar-refractivity contribution in [3.8, 4) is 5.75 Å². The number of nitrogens with zero attached hydrogens (tertiary/aromatic N) is 2. The molecule has 2 bridgehead atoms. The minimum absolute atomic E-state index is 0.0724. The van der Waals surface area contributed by atoms with Crippen LogP contribution in [0.5, 0.6) is 5.75 Å². The molecule has 3 rings (SSSR count). The molecule has 6 nitrogen and oxygen atoms in total. The number of carbonyl (C=O) groups is 1. The van der Waals surface area contributed by atoms with Crippen molar-refractivity contribution in [2.75, 3.05) is 6.54 Å². The highest BCUT2D eigenvalue weighted by molar-refractivity contribution is 5.82. The van der Waals surface area contributed by atoms with E-state index in [0.717, 1.165) is 4.90 Å². The van der Waals surface area contributed by atoms with Crippen LogP contribution >= 0.6 is 0 Å². The quantitative estimate of drug-likeness (QED) is 0.606. The Labute approximate surface area is 147 Å². The van der Waals surface area contributed by atoms with Gasteiger partial charge in [-0.25, -0.2) is 0 Å². The molecule has 0 radical (unpaired) electrons. The summed E-state index contributed by atoms with van der Waals surface area (Å²) in [4.78, 5) is 23.2. The van der Waals surface area contributed by atoms with Crippen molar-refractivity contribution in [1.29, 1.82) is 0 Å². The highest BCUT2D eigenvalue weighted by Gasteiger charge is 2.59. The number of fused-ring (bicyclic) bond motifs is 4. The molecule has 26 heavy (non-hydrogen) atoms. The van der Waals surface area contributed by atoms with E-state index in [2.05, 4.69) is 0 Å². The maximum Gasteiger partial charge on any atom is 0.471 e. The second-order valence-corrected chi connectivity index (χ2v) is 7.78. The Balaban J connectivity index is 2.16. The molecule has 2 aliphatic rings. The number of phenolic OH excluding ortho intramolecular Hbond substituents is 1. The number of amides is 1. The van der Waals surface area contributed by atoms with Crippen molar-refractivity contribution in [2.45, 2.75) is 51.2 Å². The van der Waals surface area contributed by atoms with Gasteiger partial charge in [-0.15, -0.1) is 0 Å². The van der Waals surface area contributed by atoms with Crippen molar-refractivity contribution in [1.82, 2.24) is 4.90 Å². The number of nitro groups is 1. The normalized spacial score (nSPS) is 27.0. The van der Waals surface area contributed by atoms with Crippen LogP contribution in [0.1, 0.15) is 38.3 Å². The number of hydrogen-bond donors (Lipinski definition) is 1. The molecular formula is C17H19F3N2O4. The Morgan fingerprint density at radius 3 is 2.50 bits per heavy atom. The zero-order valence-corrected chi connectivity index (χ0v) is 14.6. The summed E-state index contributed by atoms with van der Waals surface area (Å²) in [6.45, 7) is 5.36. The summed E-state index contributed by atoms with van der Waals surface area (Å²) in [6, 6.07) is 1.85.